The van der Waals surface area contributed by atoms with Gasteiger partial charge in [-0.1, -0.05) is 48.5 Å². The summed E-state index contributed by atoms with van der Waals surface area (Å²) in [5.74, 6) is -1.42. The quantitative estimate of drug-likeness (QED) is 0.162. The molecule has 0 radical (unpaired) electrons. The van der Waals surface area contributed by atoms with Crippen LogP contribution in [0.2, 0.25) is 0 Å². The van der Waals surface area contributed by atoms with Gasteiger partial charge in [-0.05, 0) is 76.6 Å². The summed E-state index contributed by atoms with van der Waals surface area (Å²) in [7, 11) is 1.34. The van der Waals surface area contributed by atoms with E-state index >= 15 is 0 Å². The number of carbonyl (C=O) groups excluding carboxylic acids is 3. The Labute approximate surface area is 249 Å². The van der Waals surface area contributed by atoms with Crippen molar-refractivity contribution in [1.29, 1.82) is 0 Å². The van der Waals surface area contributed by atoms with Crippen LogP contribution in [0.3, 0.4) is 0 Å². The van der Waals surface area contributed by atoms with E-state index in [1.54, 1.807) is 84.0 Å². The molecule has 43 heavy (non-hydrogen) atoms. The summed E-state index contributed by atoms with van der Waals surface area (Å²) < 4.78 is 15.2. The SMILES string of the molecule is CC(C)(C)OC(=O)Nc1ccc(C(=O)O)c2ccccc12.COC(=O)c1ccc(NC(=O)OC(C)(C)C)c2ccccc12. The number of carbonyl (C=O) groups is 4. The molecule has 0 spiro atoms. The Balaban J connectivity index is 0.000000236. The molecule has 0 aromatic heterocycles. The molecule has 0 aliphatic carbocycles. The number of carboxylic acid groups (broad SMARTS) is 1. The summed E-state index contributed by atoms with van der Waals surface area (Å²) in [6, 6.07) is 20.6. The lowest BCUT2D eigenvalue weighted by Crippen LogP contribution is -2.27. The normalized spacial score (nSPS) is 11.1. The molecule has 0 atom stereocenters. The minimum absolute atomic E-state index is 0.195. The van der Waals surface area contributed by atoms with E-state index < -0.39 is 35.3 Å². The van der Waals surface area contributed by atoms with Gasteiger partial charge in [0.2, 0.25) is 0 Å². The molecule has 4 rings (SSSR count). The van der Waals surface area contributed by atoms with Gasteiger partial charge in [0.1, 0.15) is 11.2 Å². The summed E-state index contributed by atoms with van der Waals surface area (Å²) in [4.78, 5) is 46.8. The molecule has 4 aromatic carbocycles. The number of carboxylic acids is 1. The average molecular weight is 589 g/mol. The zero-order valence-corrected chi connectivity index (χ0v) is 25.2. The number of hydrogen-bond acceptors (Lipinski definition) is 7. The van der Waals surface area contributed by atoms with Crippen LogP contribution >= 0.6 is 0 Å². The van der Waals surface area contributed by atoms with Crippen molar-refractivity contribution >= 4 is 57.0 Å². The van der Waals surface area contributed by atoms with Gasteiger partial charge < -0.3 is 19.3 Å². The zero-order valence-electron chi connectivity index (χ0n) is 25.2. The molecule has 2 amide bonds. The third-order valence-electron chi connectivity index (χ3n) is 5.76. The number of esters is 1. The molecule has 4 aromatic rings. The number of ether oxygens (including phenoxy) is 3. The van der Waals surface area contributed by atoms with E-state index in [4.69, 9.17) is 14.2 Å². The Bertz CT molecular complexity index is 1670. The van der Waals surface area contributed by atoms with Crippen LogP contribution in [0.25, 0.3) is 21.5 Å². The minimum atomic E-state index is -1.00. The van der Waals surface area contributed by atoms with Gasteiger partial charge in [-0.15, -0.1) is 0 Å². The van der Waals surface area contributed by atoms with Crippen LogP contribution in [-0.2, 0) is 14.2 Å². The van der Waals surface area contributed by atoms with E-state index in [2.05, 4.69) is 10.6 Å². The highest BCUT2D eigenvalue weighted by Crippen LogP contribution is 2.29. The first-order valence-corrected chi connectivity index (χ1v) is 13.4. The Morgan fingerprint density at radius 1 is 0.581 bits per heavy atom. The van der Waals surface area contributed by atoms with E-state index in [0.717, 1.165) is 5.39 Å². The zero-order chi connectivity index (χ0) is 31.9. The summed E-state index contributed by atoms with van der Waals surface area (Å²) in [5.41, 5.74) is 0.572. The van der Waals surface area contributed by atoms with Crippen LogP contribution in [0.15, 0.2) is 72.8 Å². The van der Waals surface area contributed by atoms with Crippen molar-refractivity contribution in [1.82, 2.24) is 0 Å². The molecule has 0 unspecified atom stereocenters. The maximum absolute atomic E-state index is 11.9. The van der Waals surface area contributed by atoms with Gasteiger partial charge >= 0.3 is 24.1 Å². The second-order valence-corrected chi connectivity index (χ2v) is 11.5. The van der Waals surface area contributed by atoms with Crippen molar-refractivity contribution < 1.29 is 38.5 Å². The molecule has 3 N–H and O–H groups in total. The Hall–Kier alpha value is -5.12. The van der Waals surface area contributed by atoms with Gasteiger partial charge in [-0.25, -0.2) is 19.2 Å². The predicted octanol–water partition coefficient (Wildman–Crippen LogP) is 7.86. The lowest BCUT2D eigenvalue weighted by molar-refractivity contribution is 0.0599. The maximum Gasteiger partial charge on any atom is 0.412 e. The molecule has 0 heterocycles. The predicted molar refractivity (Wildman–Crippen MR) is 166 cm³/mol. The number of fused-ring (bicyclic) bond motifs is 2. The number of benzene rings is 4. The number of hydrogen-bond donors (Lipinski definition) is 3. The van der Waals surface area contributed by atoms with Crippen LogP contribution in [-0.4, -0.2) is 47.5 Å². The number of nitrogens with one attached hydrogen (secondary N) is 2. The topological polar surface area (TPSA) is 140 Å². The van der Waals surface area contributed by atoms with Gasteiger partial charge in [0.15, 0.2) is 0 Å². The molecular weight excluding hydrogens is 552 g/mol. The Morgan fingerprint density at radius 3 is 1.33 bits per heavy atom. The van der Waals surface area contributed by atoms with Gasteiger partial charge in [0.25, 0.3) is 0 Å². The lowest BCUT2D eigenvalue weighted by atomic mass is 10.0. The highest BCUT2D eigenvalue weighted by molar-refractivity contribution is 6.11. The van der Waals surface area contributed by atoms with Crippen molar-refractivity contribution in [3.05, 3.63) is 83.9 Å². The number of rotatable bonds is 4. The molecule has 0 bridgehead atoms. The highest BCUT2D eigenvalue weighted by atomic mass is 16.6. The van der Waals surface area contributed by atoms with E-state index in [9.17, 15) is 24.3 Å². The molecule has 226 valence electrons. The smallest absolute Gasteiger partial charge is 0.412 e. The van der Waals surface area contributed by atoms with Crippen LogP contribution in [0.1, 0.15) is 62.3 Å². The molecule has 0 aliphatic heterocycles. The van der Waals surface area contributed by atoms with Crippen molar-refractivity contribution in [2.75, 3.05) is 17.7 Å². The summed E-state index contributed by atoms with van der Waals surface area (Å²) >= 11 is 0. The van der Waals surface area contributed by atoms with E-state index in [0.29, 0.717) is 33.1 Å². The van der Waals surface area contributed by atoms with E-state index in [-0.39, 0.29) is 5.56 Å². The second-order valence-electron chi connectivity index (χ2n) is 11.5. The number of methoxy groups -OCH3 is 1. The standard InChI is InChI=1S/C17H19NO4.C16H17NO4/c1-17(2,3)22-16(20)18-14-10-9-13(15(19)21-4)11-7-5-6-8-12(11)14;1-16(2,3)21-15(20)17-13-9-8-12(14(18)19)10-6-4-5-7-11(10)13/h5-10H,1-4H3,(H,18,20);4-9H,1-3H3,(H,17,20)(H,18,19). The fourth-order valence-corrected chi connectivity index (χ4v) is 4.12. The van der Waals surface area contributed by atoms with Crippen LogP contribution < -0.4 is 10.6 Å². The highest BCUT2D eigenvalue weighted by Gasteiger charge is 2.19. The van der Waals surface area contributed by atoms with Gasteiger partial charge in [0, 0.05) is 10.8 Å². The van der Waals surface area contributed by atoms with Crippen molar-refractivity contribution in [3.63, 3.8) is 0 Å². The first kappa shape index (κ1) is 32.4. The first-order valence-electron chi connectivity index (χ1n) is 13.4. The van der Waals surface area contributed by atoms with Crippen molar-refractivity contribution in [2.45, 2.75) is 52.7 Å². The molecule has 0 saturated heterocycles. The molecule has 0 aliphatic rings. The lowest BCUT2D eigenvalue weighted by Gasteiger charge is -2.20. The van der Waals surface area contributed by atoms with E-state index in [1.807, 2.05) is 24.3 Å². The number of amides is 2. The molecular formula is C33H36N2O8. The van der Waals surface area contributed by atoms with Crippen molar-refractivity contribution in [3.8, 4) is 0 Å². The van der Waals surface area contributed by atoms with Crippen molar-refractivity contribution in [2.24, 2.45) is 0 Å². The number of anilines is 2. The molecule has 0 fully saturated rings. The van der Waals surface area contributed by atoms with Crippen LogP contribution in [0.4, 0.5) is 21.0 Å². The third-order valence-corrected chi connectivity index (χ3v) is 5.76. The van der Waals surface area contributed by atoms with Gasteiger partial charge in [-0.3, -0.25) is 10.6 Å². The Kier molecular flexibility index (Phi) is 9.98. The average Bonchev–Trinajstić information content (AvgIpc) is 2.91. The van der Waals surface area contributed by atoms with E-state index in [1.165, 1.54) is 13.2 Å². The monoisotopic (exact) mass is 588 g/mol. The third kappa shape index (κ3) is 8.93. The largest absolute Gasteiger partial charge is 0.478 e. The maximum atomic E-state index is 11.9. The molecule has 0 saturated carbocycles. The van der Waals surface area contributed by atoms with Crippen LogP contribution in [0, 0.1) is 0 Å². The van der Waals surface area contributed by atoms with Gasteiger partial charge in [-0.2, -0.15) is 0 Å². The fourth-order valence-electron chi connectivity index (χ4n) is 4.12. The minimum Gasteiger partial charge on any atom is -0.478 e. The summed E-state index contributed by atoms with van der Waals surface area (Å²) in [6.07, 6.45) is -1.11. The van der Waals surface area contributed by atoms with Crippen LogP contribution in [0.5, 0.6) is 0 Å². The first-order chi connectivity index (χ1) is 20.1. The fraction of sp³-hybridized carbons (Fsp3) is 0.273. The Morgan fingerprint density at radius 2 is 0.953 bits per heavy atom. The summed E-state index contributed by atoms with van der Waals surface area (Å²) in [5, 5.41) is 17.2. The second kappa shape index (κ2) is 13.2. The van der Waals surface area contributed by atoms with Gasteiger partial charge in [0.05, 0.1) is 29.6 Å². The number of aromatic carboxylic acids is 1. The molecule has 10 nitrogen and oxygen atoms in total. The summed E-state index contributed by atoms with van der Waals surface area (Å²) in [6.45, 7) is 10.7. The molecule has 10 heteroatoms.